The molecule has 1 rings (SSSR count). The van der Waals surface area contributed by atoms with E-state index >= 15 is 0 Å². The number of aliphatic hydroxyl groups excluding tert-OH is 1. The van der Waals surface area contributed by atoms with Crippen LogP contribution in [0, 0.1) is 0 Å². The van der Waals surface area contributed by atoms with Crippen LogP contribution in [-0.2, 0) is 10.3 Å². The monoisotopic (exact) mass is 286 g/mol. The molecule has 4 nitrogen and oxygen atoms in total. The van der Waals surface area contributed by atoms with Crippen molar-refractivity contribution in [2.75, 3.05) is 13.2 Å². The van der Waals surface area contributed by atoms with Gasteiger partial charge >= 0.3 is 0 Å². The molecule has 0 bridgehead atoms. The molecule has 0 fully saturated rings. The molecule has 19 heavy (non-hydrogen) atoms. The van der Waals surface area contributed by atoms with Crippen LogP contribution in [0.4, 0.5) is 0 Å². The standard InChI is InChI=1S/C14H26N2O2S/c1-6-14(5,12-15-7-8-19-12)16-9-11(17)10-18-13(2,3)4/h7-8,11,16-17H,6,9-10H2,1-5H3. The summed E-state index contributed by atoms with van der Waals surface area (Å²) in [7, 11) is 0. The first-order valence-electron chi connectivity index (χ1n) is 6.74. The van der Waals surface area contributed by atoms with Crippen LogP contribution in [-0.4, -0.2) is 34.9 Å². The van der Waals surface area contributed by atoms with Crippen LogP contribution in [0.2, 0.25) is 0 Å². The highest BCUT2D eigenvalue weighted by atomic mass is 32.1. The van der Waals surface area contributed by atoms with Gasteiger partial charge in [0.1, 0.15) is 5.01 Å². The van der Waals surface area contributed by atoms with Crippen molar-refractivity contribution in [3.63, 3.8) is 0 Å². The molecule has 1 heterocycles. The molecule has 0 amide bonds. The van der Waals surface area contributed by atoms with E-state index in [0.717, 1.165) is 11.4 Å². The van der Waals surface area contributed by atoms with Crippen molar-refractivity contribution in [1.82, 2.24) is 10.3 Å². The molecule has 2 unspecified atom stereocenters. The van der Waals surface area contributed by atoms with Gasteiger partial charge in [0.15, 0.2) is 0 Å². The maximum absolute atomic E-state index is 9.96. The minimum Gasteiger partial charge on any atom is -0.389 e. The van der Waals surface area contributed by atoms with Crippen molar-refractivity contribution in [2.45, 2.75) is 58.3 Å². The second kappa shape index (κ2) is 6.79. The van der Waals surface area contributed by atoms with Gasteiger partial charge in [0.05, 0.1) is 23.9 Å². The lowest BCUT2D eigenvalue weighted by molar-refractivity contribution is -0.0493. The van der Waals surface area contributed by atoms with Gasteiger partial charge in [-0.05, 0) is 34.1 Å². The molecule has 0 aliphatic carbocycles. The van der Waals surface area contributed by atoms with Gasteiger partial charge in [0.2, 0.25) is 0 Å². The third kappa shape index (κ3) is 5.57. The fraction of sp³-hybridized carbons (Fsp3) is 0.786. The molecular formula is C14H26N2O2S. The smallest absolute Gasteiger partial charge is 0.112 e. The molecule has 0 aliphatic rings. The van der Waals surface area contributed by atoms with E-state index < -0.39 is 6.10 Å². The zero-order valence-electron chi connectivity index (χ0n) is 12.6. The molecule has 2 N–H and O–H groups in total. The Bertz CT molecular complexity index is 362. The summed E-state index contributed by atoms with van der Waals surface area (Å²) in [6.07, 6.45) is 2.23. The van der Waals surface area contributed by atoms with E-state index in [-0.39, 0.29) is 11.1 Å². The quantitative estimate of drug-likeness (QED) is 0.809. The van der Waals surface area contributed by atoms with Gasteiger partial charge in [0, 0.05) is 18.1 Å². The molecule has 0 radical (unpaired) electrons. The third-order valence-electron chi connectivity index (χ3n) is 3.05. The Morgan fingerprint density at radius 3 is 2.58 bits per heavy atom. The first-order chi connectivity index (χ1) is 8.77. The summed E-state index contributed by atoms with van der Waals surface area (Å²) in [4.78, 5) is 4.37. The molecular weight excluding hydrogens is 260 g/mol. The number of ether oxygens (including phenoxy) is 1. The maximum atomic E-state index is 9.96. The zero-order valence-corrected chi connectivity index (χ0v) is 13.4. The molecule has 0 saturated heterocycles. The van der Waals surface area contributed by atoms with Crippen molar-refractivity contribution < 1.29 is 9.84 Å². The second-order valence-electron chi connectivity index (χ2n) is 5.98. The highest BCUT2D eigenvalue weighted by Gasteiger charge is 2.27. The predicted molar refractivity (Wildman–Crippen MR) is 79.5 cm³/mol. The van der Waals surface area contributed by atoms with Gasteiger partial charge in [-0.25, -0.2) is 4.98 Å². The van der Waals surface area contributed by atoms with Crippen LogP contribution < -0.4 is 5.32 Å². The normalized spacial score (nSPS) is 17.2. The number of hydrogen-bond donors (Lipinski definition) is 2. The average Bonchev–Trinajstić information content (AvgIpc) is 2.87. The average molecular weight is 286 g/mol. The molecule has 110 valence electrons. The van der Waals surface area contributed by atoms with Gasteiger partial charge in [-0.15, -0.1) is 11.3 Å². The van der Waals surface area contributed by atoms with Gasteiger partial charge in [-0.1, -0.05) is 6.92 Å². The van der Waals surface area contributed by atoms with Gasteiger partial charge < -0.3 is 15.2 Å². The third-order valence-corrected chi connectivity index (χ3v) is 4.09. The highest BCUT2D eigenvalue weighted by Crippen LogP contribution is 2.26. The van der Waals surface area contributed by atoms with Gasteiger partial charge in [-0.2, -0.15) is 0 Å². The number of rotatable bonds is 7. The Morgan fingerprint density at radius 2 is 2.11 bits per heavy atom. The van der Waals surface area contributed by atoms with E-state index in [9.17, 15) is 5.11 Å². The lowest BCUT2D eigenvalue weighted by Gasteiger charge is -2.29. The van der Waals surface area contributed by atoms with Crippen LogP contribution >= 0.6 is 11.3 Å². The SMILES string of the molecule is CCC(C)(NCC(O)COC(C)(C)C)c1nccs1. The van der Waals surface area contributed by atoms with Crippen LogP contribution in [0.5, 0.6) is 0 Å². The molecule has 0 saturated carbocycles. The van der Waals surface area contributed by atoms with Gasteiger partial charge in [0.25, 0.3) is 0 Å². The Hall–Kier alpha value is -0.490. The lowest BCUT2D eigenvalue weighted by atomic mass is 9.99. The Balaban J connectivity index is 2.45. The summed E-state index contributed by atoms with van der Waals surface area (Å²) in [5.41, 5.74) is -0.402. The van der Waals surface area contributed by atoms with E-state index in [0.29, 0.717) is 13.2 Å². The maximum Gasteiger partial charge on any atom is 0.112 e. The largest absolute Gasteiger partial charge is 0.389 e. The Labute approximate surface area is 120 Å². The number of thiazole rings is 1. The van der Waals surface area contributed by atoms with E-state index in [1.165, 1.54) is 0 Å². The summed E-state index contributed by atoms with van der Waals surface area (Å²) in [5.74, 6) is 0. The van der Waals surface area contributed by atoms with E-state index in [2.05, 4.69) is 24.1 Å². The molecule has 5 heteroatoms. The van der Waals surface area contributed by atoms with Crippen LogP contribution in [0.25, 0.3) is 0 Å². The number of aromatic nitrogens is 1. The van der Waals surface area contributed by atoms with Crippen molar-refractivity contribution in [1.29, 1.82) is 0 Å². The summed E-state index contributed by atoms with van der Waals surface area (Å²) < 4.78 is 5.58. The van der Waals surface area contributed by atoms with E-state index in [1.54, 1.807) is 11.3 Å². The summed E-state index contributed by atoms with van der Waals surface area (Å²) in [6, 6.07) is 0. The van der Waals surface area contributed by atoms with Crippen molar-refractivity contribution in [3.05, 3.63) is 16.6 Å². The lowest BCUT2D eigenvalue weighted by Crippen LogP contribution is -2.44. The van der Waals surface area contributed by atoms with E-state index in [1.807, 2.05) is 32.3 Å². The fourth-order valence-electron chi connectivity index (χ4n) is 1.60. The molecule has 1 aromatic rings. The minimum atomic E-state index is -0.509. The minimum absolute atomic E-state index is 0.184. The molecule has 0 spiro atoms. The molecule has 2 atom stereocenters. The summed E-state index contributed by atoms with van der Waals surface area (Å²) >= 11 is 1.64. The van der Waals surface area contributed by atoms with Crippen LogP contribution in [0.15, 0.2) is 11.6 Å². The number of nitrogens with zero attached hydrogens (tertiary/aromatic N) is 1. The van der Waals surface area contributed by atoms with Crippen molar-refractivity contribution in [2.24, 2.45) is 0 Å². The molecule has 0 aromatic carbocycles. The van der Waals surface area contributed by atoms with Crippen LogP contribution in [0.1, 0.15) is 46.0 Å². The predicted octanol–water partition coefficient (Wildman–Crippen LogP) is 2.53. The summed E-state index contributed by atoms with van der Waals surface area (Å²) in [6.45, 7) is 11.0. The Morgan fingerprint density at radius 1 is 1.42 bits per heavy atom. The van der Waals surface area contributed by atoms with Crippen LogP contribution in [0.3, 0.4) is 0 Å². The number of hydrogen-bond acceptors (Lipinski definition) is 5. The van der Waals surface area contributed by atoms with Gasteiger partial charge in [-0.3, -0.25) is 0 Å². The Kier molecular flexibility index (Phi) is 5.92. The van der Waals surface area contributed by atoms with E-state index in [4.69, 9.17) is 4.74 Å². The highest BCUT2D eigenvalue weighted by molar-refractivity contribution is 7.09. The number of aliphatic hydroxyl groups is 1. The number of nitrogens with one attached hydrogen (secondary N) is 1. The second-order valence-corrected chi connectivity index (χ2v) is 6.88. The molecule has 1 aromatic heterocycles. The topological polar surface area (TPSA) is 54.4 Å². The van der Waals surface area contributed by atoms with Crippen molar-refractivity contribution >= 4 is 11.3 Å². The summed E-state index contributed by atoms with van der Waals surface area (Å²) in [5, 5.41) is 16.4. The first-order valence-corrected chi connectivity index (χ1v) is 7.62. The first kappa shape index (κ1) is 16.6. The fourth-order valence-corrected chi connectivity index (χ4v) is 2.44. The zero-order chi connectivity index (χ0) is 14.5. The van der Waals surface area contributed by atoms with Crippen molar-refractivity contribution in [3.8, 4) is 0 Å². The molecule has 0 aliphatic heterocycles.